The van der Waals surface area contributed by atoms with E-state index in [9.17, 15) is 9.59 Å². The van der Waals surface area contributed by atoms with Gasteiger partial charge in [-0.15, -0.1) is 0 Å². The average Bonchev–Trinajstić information content (AvgIpc) is 3.40. The normalized spacial score (nSPS) is 10.7. The van der Waals surface area contributed by atoms with E-state index in [1.54, 1.807) is 25.3 Å². The maximum absolute atomic E-state index is 12.7. The molecule has 4 aromatic rings. The fourth-order valence-electron chi connectivity index (χ4n) is 2.85. The molecule has 152 valence electrons. The van der Waals surface area contributed by atoms with Gasteiger partial charge < -0.3 is 15.4 Å². The quantitative estimate of drug-likeness (QED) is 0.403. The number of rotatable bonds is 6. The van der Waals surface area contributed by atoms with Gasteiger partial charge in [-0.05, 0) is 37.6 Å². The van der Waals surface area contributed by atoms with Crippen molar-refractivity contribution in [3.05, 3.63) is 58.9 Å². The van der Waals surface area contributed by atoms with Crippen molar-refractivity contribution in [3.63, 3.8) is 0 Å². The Bertz CT molecular complexity index is 1230. The Labute approximate surface area is 175 Å². The number of hydrogen-bond donors (Lipinski definition) is 3. The summed E-state index contributed by atoms with van der Waals surface area (Å²) < 4.78 is 4.99. The van der Waals surface area contributed by atoms with Crippen LogP contribution in [0.3, 0.4) is 0 Å². The van der Waals surface area contributed by atoms with Crippen LogP contribution in [-0.2, 0) is 4.74 Å². The molecule has 3 N–H and O–H groups in total. The van der Waals surface area contributed by atoms with Crippen LogP contribution in [0.4, 0.5) is 16.6 Å². The molecule has 0 unspecified atom stereocenters. The van der Waals surface area contributed by atoms with E-state index in [-0.39, 0.29) is 5.91 Å². The van der Waals surface area contributed by atoms with Crippen LogP contribution in [0.5, 0.6) is 0 Å². The van der Waals surface area contributed by atoms with Crippen LogP contribution < -0.4 is 10.6 Å². The first-order chi connectivity index (χ1) is 14.5. The SMILES string of the molecule is CCOC(=O)c1ccnc(Nc2ncc(C(=O)Nc3c(C)ccc4[nH]ncc34)s2)c1. The van der Waals surface area contributed by atoms with Crippen molar-refractivity contribution in [2.24, 2.45) is 0 Å². The monoisotopic (exact) mass is 422 g/mol. The molecule has 0 aliphatic heterocycles. The van der Waals surface area contributed by atoms with Gasteiger partial charge in [0.2, 0.25) is 0 Å². The number of amides is 1. The second-order valence-corrected chi connectivity index (χ2v) is 7.38. The molecule has 1 aromatic carbocycles. The lowest BCUT2D eigenvalue weighted by Crippen LogP contribution is -2.11. The molecule has 0 aliphatic rings. The molecule has 0 radical (unpaired) electrons. The number of thiazole rings is 1. The number of pyridine rings is 1. The van der Waals surface area contributed by atoms with Crippen LogP contribution >= 0.6 is 11.3 Å². The van der Waals surface area contributed by atoms with E-state index in [1.165, 1.54) is 23.7 Å². The van der Waals surface area contributed by atoms with Crippen molar-refractivity contribution in [3.8, 4) is 0 Å². The van der Waals surface area contributed by atoms with Gasteiger partial charge in [0.15, 0.2) is 5.13 Å². The maximum atomic E-state index is 12.7. The Morgan fingerprint density at radius 1 is 1.20 bits per heavy atom. The zero-order valence-corrected chi connectivity index (χ0v) is 17.0. The third-order valence-electron chi connectivity index (χ3n) is 4.31. The van der Waals surface area contributed by atoms with Gasteiger partial charge >= 0.3 is 5.97 Å². The molecule has 0 aliphatic carbocycles. The molecule has 0 saturated carbocycles. The van der Waals surface area contributed by atoms with Crippen LogP contribution in [0.25, 0.3) is 10.9 Å². The Morgan fingerprint density at radius 3 is 2.90 bits per heavy atom. The number of anilines is 3. The van der Waals surface area contributed by atoms with Gasteiger partial charge in [0.25, 0.3) is 5.91 Å². The zero-order valence-electron chi connectivity index (χ0n) is 16.2. The third kappa shape index (κ3) is 3.98. The van der Waals surface area contributed by atoms with Gasteiger partial charge in [-0.3, -0.25) is 9.89 Å². The number of hydrogen-bond acceptors (Lipinski definition) is 8. The Kier molecular flexibility index (Phi) is 5.40. The van der Waals surface area contributed by atoms with E-state index in [4.69, 9.17) is 4.74 Å². The van der Waals surface area contributed by atoms with Gasteiger partial charge in [0, 0.05) is 11.6 Å². The van der Waals surface area contributed by atoms with Crippen LogP contribution in [-0.4, -0.2) is 38.6 Å². The second-order valence-electron chi connectivity index (χ2n) is 6.35. The lowest BCUT2D eigenvalue weighted by molar-refractivity contribution is 0.0526. The lowest BCUT2D eigenvalue weighted by atomic mass is 10.1. The Balaban J connectivity index is 1.50. The number of H-pyrrole nitrogens is 1. The Hall–Kier alpha value is -3.79. The van der Waals surface area contributed by atoms with E-state index >= 15 is 0 Å². The smallest absolute Gasteiger partial charge is 0.338 e. The summed E-state index contributed by atoms with van der Waals surface area (Å²) in [4.78, 5) is 33.4. The molecular weight excluding hydrogens is 404 g/mol. The molecule has 0 atom stereocenters. The number of carbonyl (C=O) groups is 2. The zero-order chi connectivity index (χ0) is 21.1. The molecule has 30 heavy (non-hydrogen) atoms. The number of ether oxygens (including phenoxy) is 1. The molecule has 0 bridgehead atoms. The first-order valence-electron chi connectivity index (χ1n) is 9.15. The van der Waals surface area contributed by atoms with Gasteiger partial charge in [0.1, 0.15) is 10.7 Å². The number of nitrogens with one attached hydrogen (secondary N) is 3. The highest BCUT2D eigenvalue weighted by atomic mass is 32.1. The summed E-state index contributed by atoms with van der Waals surface area (Å²) in [5, 5.41) is 14.2. The van der Waals surface area contributed by atoms with Crippen molar-refractivity contribution < 1.29 is 14.3 Å². The molecule has 3 heterocycles. The van der Waals surface area contributed by atoms with E-state index in [0.717, 1.165) is 16.5 Å². The van der Waals surface area contributed by atoms with Crippen LogP contribution in [0.2, 0.25) is 0 Å². The molecule has 1 amide bonds. The largest absolute Gasteiger partial charge is 0.462 e. The summed E-state index contributed by atoms with van der Waals surface area (Å²) in [6, 6.07) is 6.97. The lowest BCUT2D eigenvalue weighted by Gasteiger charge is -2.08. The summed E-state index contributed by atoms with van der Waals surface area (Å²) in [6.45, 7) is 3.96. The Morgan fingerprint density at radius 2 is 2.07 bits per heavy atom. The highest BCUT2D eigenvalue weighted by Crippen LogP contribution is 2.28. The molecular formula is C20H18N6O3S. The summed E-state index contributed by atoms with van der Waals surface area (Å²) in [7, 11) is 0. The number of aromatic amines is 1. The predicted octanol–water partition coefficient (Wildman–Crippen LogP) is 3.90. The fourth-order valence-corrected chi connectivity index (χ4v) is 3.57. The number of nitrogens with zero attached hydrogens (tertiary/aromatic N) is 3. The van der Waals surface area contributed by atoms with Crippen molar-refractivity contribution in [1.82, 2.24) is 20.2 Å². The first-order valence-corrected chi connectivity index (χ1v) is 9.97. The van der Waals surface area contributed by atoms with Crippen molar-refractivity contribution in [1.29, 1.82) is 0 Å². The molecule has 4 rings (SSSR count). The molecule has 0 saturated heterocycles. The third-order valence-corrected chi connectivity index (χ3v) is 5.22. The van der Waals surface area contributed by atoms with Crippen LogP contribution in [0, 0.1) is 6.92 Å². The molecule has 10 heteroatoms. The van der Waals surface area contributed by atoms with E-state index < -0.39 is 5.97 Å². The molecule has 9 nitrogen and oxygen atoms in total. The van der Waals surface area contributed by atoms with Crippen LogP contribution in [0.15, 0.2) is 42.9 Å². The second kappa shape index (κ2) is 8.29. The van der Waals surface area contributed by atoms with Gasteiger partial charge in [0.05, 0.1) is 35.8 Å². The van der Waals surface area contributed by atoms with Crippen molar-refractivity contribution >= 4 is 50.8 Å². The van der Waals surface area contributed by atoms with Crippen molar-refractivity contribution in [2.45, 2.75) is 13.8 Å². The van der Waals surface area contributed by atoms with E-state index in [0.29, 0.717) is 33.7 Å². The summed E-state index contributed by atoms with van der Waals surface area (Å²) in [5.74, 6) is -0.266. The highest BCUT2D eigenvalue weighted by molar-refractivity contribution is 7.17. The summed E-state index contributed by atoms with van der Waals surface area (Å²) >= 11 is 1.18. The number of aryl methyl sites for hydroxylation is 1. The van der Waals surface area contributed by atoms with E-state index in [2.05, 4.69) is 30.8 Å². The van der Waals surface area contributed by atoms with Crippen LogP contribution in [0.1, 0.15) is 32.5 Å². The van der Waals surface area contributed by atoms with Crippen molar-refractivity contribution in [2.75, 3.05) is 17.2 Å². The minimum atomic E-state index is -0.425. The number of carbonyl (C=O) groups excluding carboxylic acids is 2. The minimum absolute atomic E-state index is 0.273. The standard InChI is InChI=1S/C20H18N6O3S/c1-3-29-19(28)12-6-7-21-16(8-12)24-20-22-10-15(30-20)18(27)25-17-11(2)4-5-14-13(17)9-23-26-14/h4-10H,3H2,1-2H3,(H,23,26)(H,25,27)(H,21,22,24). The van der Waals surface area contributed by atoms with Gasteiger partial charge in [-0.2, -0.15) is 5.10 Å². The minimum Gasteiger partial charge on any atom is -0.462 e. The molecule has 0 fully saturated rings. The van der Waals surface area contributed by atoms with Gasteiger partial charge in [-0.1, -0.05) is 17.4 Å². The number of aromatic nitrogens is 4. The summed E-state index contributed by atoms with van der Waals surface area (Å²) in [6.07, 6.45) is 4.67. The summed E-state index contributed by atoms with van der Waals surface area (Å²) in [5.41, 5.74) is 2.86. The molecule has 0 spiro atoms. The fraction of sp³-hybridized carbons (Fsp3) is 0.150. The first kappa shape index (κ1) is 19.5. The molecule has 3 aromatic heterocycles. The highest BCUT2D eigenvalue weighted by Gasteiger charge is 2.15. The topological polar surface area (TPSA) is 122 Å². The number of esters is 1. The maximum Gasteiger partial charge on any atom is 0.338 e. The number of benzene rings is 1. The van der Waals surface area contributed by atoms with Gasteiger partial charge in [-0.25, -0.2) is 14.8 Å². The van der Waals surface area contributed by atoms with E-state index in [1.807, 2.05) is 19.1 Å². The predicted molar refractivity (Wildman–Crippen MR) is 114 cm³/mol. The average molecular weight is 422 g/mol. The number of fused-ring (bicyclic) bond motifs is 1.